The minimum Gasteiger partial charge on any atom is -0.493 e. The third kappa shape index (κ3) is 3.41. The van der Waals surface area contributed by atoms with Crippen LogP contribution in [0.15, 0.2) is 36.5 Å². The number of methoxy groups -OCH3 is 3. The molecule has 2 heterocycles. The molecule has 1 aromatic carbocycles. The first-order valence-corrected chi connectivity index (χ1v) is 8.09. The Morgan fingerprint density at radius 1 is 1.07 bits per heavy atom. The van der Waals surface area contributed by atoms with Gasteiger partial charge >= 0.3 is 5.97 Å². The molecule has 0 aliphatic carbocycles. The molecule has 0 saturated heterocycles. The minimum atomic E-state index is -0.614. The van der Waals surface area contributed by atoms with Gasteiger partial charge in [-0.1, -0.05) is 6.07 Å². The molecule has 1 N–H and O–H groups in total. The van der Waals surface area contributed by atoms with E-state index in [1.54, 1.807) is 12.3 Å². The van der Waals surface area contributed by atoms with E-state index < -0.39 is 11.9 Å². The van der Waals surface area contributed by atoms with Crippen LogP contribution in [0.25, 0.3) is 5.65 Å². The molecule has 0 fully saturated rings. The third-order valence-corrected chi connectivity index (χ3v) is 4.11. The van der Waals surface area contributed by atoms with E-state index in [-0.39, 0.29) is 16.9 Å². The van der Waals surface area contributed by atoms with Gasteiger partial charge in [-0.2, -0.15) is 0 Å². The van der Waals surface area contributed by atoms with Crippen LogP contribution < -0.4 is 14.8 Å². The summed E-state index contributed by atoms with van der Waals surface area (Å²) in [4.78, 5) is 29.1. The Morgan fingerprint density at radius 2 is 1.78 bits per heavy atom. The lowest BCUT2D eigenvalue weighted by Crippen LogP contribution is -2.16. The number of carbonyl (C=O) groups is 2. The number of nitrogens with zero attached hydrogens (tertiary/aromatic N) is 2. The number of pyridine rings is 1. The summed E-state index contributed by atoms with van der Waals surface area (Å²) >= 11 is 0. The van der Waals surface area contributed by atoms with Crippen molar-refractivity contribution in [3.63, 3.8) is 0 Å². The van der Waals surface area contributed by atoms with Gasteiger partial charge in [0.2, 0.25) is 0 Å². The van der Waals surface area contributed by atoms with E-state index in [4.69, 9.17) is 14.2 Å². The number of aryl methyl sites for hydroxylation is 1. The van der Waals surface area contributed by atoms with Crippen LogP contribution in [-0.2, 0) is 4.74 Å². The molecular weight excluding hydrogens is 350 g/mol. The second kappa shape index (κ2) is 7.36. The summed E-state index contributed by atoms with van der Waals surface area (Å²) in [6, 6.07) is 8.54. The van der Waals surface area contributed by atoms with Crippen LogP contribution in [0.4, 0.5) is 5.69 Å². The molecule has 0 saturated carbocycles. The number of esters is 1. The largest absolute Gasteiger partial charge is 0.493 e. The SMILES string of the molecule is COC(=O)c1cc(OC)c(OC)cc1NC(=O)c1cn2c(C)cccc2n1. The molecule has 0 aliphatic rings. The summed E-state index contributed by atoms with van der Waals surface area (Å²) < 4.78 is 17.1. The maximum Gasteiger partial charge on any atom is 0.340 e. The number of nitrogens with one attached hydrogen (secondary N) is 1. The Balaban J connectivity index is 2.00. The number of hydrogen-bond acceptors (Lipinski definition) is 6. The van der Waals surface area contributed by atoms with E-state index in [1.807, 2.05) is 23.5 Å². The number of imidazole rings is 1. The summed E-state index contributed by atoms with van der Waals surface area (Å²) in [5, 5.41) is 2.70. The number of carbonyl (C=O) groups excluding carboxylic acids is 2. The smallest absolute Gasteiger partial charge is 0.340 e. The number of anilines is 1. The molecule has 0 atom stereocenters. The van der Waals surface area contributed by atoms with Gasteiger partial charge in [-0.15, -0.1) is 0 Å². The number of amides is 1. The van der Waals surface area contributed by atoms with Crippen LogP contribution in [0.1, 0.15) is 26.5 Å². The average molecular weight is 369 g/mol. The monoisotopic (exact) mass is 369 g/mol. The van der Waals surface area contributed by atoms with Gasteiger partial charge < -0.3 is 23.9 Å². The highest BCUT2D eigenvalue weighted by molar-refractivity contribution is 6.07. The predicted octanol–water partition coefficient (Wildman–Crippen LogP) is 2.70. The molecule has 0 aliphatic heterocycles. The van der Waals surface area contributed by atoms with Crippen molar-refractivity contribution in [2.75, 3.05) is 26.6 Å². The Hall–Kier alpha value is -3.55. The van der Waals surface area contributed by atoms with Crippen molar-refractivity contribution in [2.24, 2.45) is 0 Å². The normalized spacial score (nSPS) is 10.5. The lowest BCUT2D eigenvalue weighted by molar-refractivity contribution is 0.0601. The Kier molecular flexibility index (Phi) is 4.98. The van der Waals surface area contributed by atoms with Crippen LogP contribution in [-0.4, -0.2) is 42.6 Å². The number of rotatable bonds is 5. The van der Waals surface area contributed by atoms with Crippen LogP contribution in [0, 0.1) is 6.92 Å². The lowest BCUT2D eigenvalue weighted by Gasteiger charge is -2.14. The van der Waals surface area contributed by atoms with Crippen molar-refractivity contribution in [3.05, 3.63) is 53.5 Å². The van der Waals surface area contributed by atoms with Gasteiger partial charge in [-0.25, -0.2) is 9.78 Å². The van der Waals surface area contributed by atoms with Gasteiger partial charge in [0, 0.05) is 24.0 Å². The fraction of sp³-hybridized carbons (Fsp3) is 0.211. The molecule has 27 heavy (non-hydrogen) atoms. The van der Waals surface area contributed by atoms with Crippen LogP contribution >= 0.6 is 0 Å². The molecular formula is C19H19N3O5. The average Bonchev–Trinajstić information content (AvgIpc) is 3.13. The van der Waals surface area contributed by atoms with Crippen molar-refractivity contribution >= 4 is 23.2 Å². The van der Waals surface area contributed by atoms with Gasteiger partial charge in [0.05, 0.1) is 32.6 Å². The molecule has 3 aromatic rings. The first-order valence-electron chi connectivity index (χ1n) is 8.09. The second-order valence-corrected chi connectivity index (χ2v) is 5.72. The van der Waals surface area contributed by atoms with E-state index >= 15 is 0 Å². The van der Waals surface area contributed by atoms with E-state index in [2.05, 4.69) is 10.3 Å². The zero-order valence-electron chi connectivity index (χ0n) is 15.4. The van der Waals surface area contributed by atoms with Gasteiger partial charge in [-0.3, -0.25) is 4.79 Å². The molecule has 8 nitrogen and oxygen atoms in total. The van der Waals surface area contributed by atoms with E-state index in [0.29, 0.717) is 17.1 Å². The highest BCUT2D eigenvalue weighted by Gasteiger charge is 2.20. The van der Waals surface area contributed by atoms with E-state index in [0.717, 1.165) is 5.69 Å². The molecule has 140 valence electrons. The molecule has 1 amide bonds. The van der Waals surface area contributed by atoms with Crippen molar-refractivity contribution in [1.29, 1.82) is 0 Å². The maximum absolute atomic E-state index is 12.7. The standard InChI is InChI=1S/C19H19N3O5/c1-11-6-5-7-17-20-14(10-22(11)17)18(23)21-13-9-16(26-3)15(25-2)8-12(13)19(24)27-4/h5-10H,1-4H3,(H,21,23). The molecule has 2 aromatic heterocycles. The summed E-state index contributed by atoms with van der Waals surface area (Å²) in [5.74, 6) is -0.363. The number of hydrogen-bond donors (Lipinski definition) is 1. The summed E-state index contributed by atoms with van der Waals surface area (Å²) in [5.41, 5.74) is 2.19. The Bertz CT molecular complexity index is 1030. The van der Waals surface area contributed by atoms with Gasteiger partial charge in [0.15, 0.2) is 11.5 Å². The zero-order chi connectivity index (χ0) is 19.6. The summed E-state index contributed by atoms with van der Waals surface area (Å²) in [7, 11) is 4.18. The number of ether oxygens (including phenoxy) is 3. The zero-order valence-corrected chi connectivity index (χ0v) is 15.4. The molecule has 0 unspecified atom stereocenters. The van der Waals surface area contributed by atoms with Crippen LogP contribution in [0.5, 0.6) is 11.5 Å². The topological polar surface area (TPSA) is 91.2 Å². The fourth-order valence-corrected chi connectivity index (χ4v) is 2.71. The van der Waals surface area contributed by atoms with Crippen molar-refractivity contribution in [3.8, 4) is 11.5 Å². The number of benzene rings is 1. The van der Waals surface area contributed by atoms with Crippen molar-refractivity contribution in [2.45, 2.75) is 6.92 Å². The van der Waals surface area contributed by atoms with E-state index in [1.165, 1.54) is 33.5 Å². The highest BCUT2D eigenvalue weighted by Crippen LogP contribution is 2.34. The number of fused-ring (bicyclic) bond motifs is 1. The first-order chi connectivity index (χ1) is 13.0. The fourth-order valence-electron chi connectivity index (χ4n) is 2.71. The lowest BCUT2D eigenvalue weighted by atomic mass is 10.1. The van der Waals surface area contributed by atoms with Crippen LogP contribution in [0.3, 0.4) is 0 Å². The first kappa shape index (κ1) is 18.2. The maximum atomic E-state index is 12.7. The molecule has 3 rings (SSSR count). The number of aromatic nitrogens is 2. The predicted molar refractivity (Wildman–Crippen MR) is 98.8 cm³/mol. The van der Waals surface area contributed by atoms with Crippen LogP contribution in [0.2, 0.25) is 0 Å². The molecule has 0 radical (unpaired) electrons. The molecule has 8 heteroatoms. The summed E-state index contributed by atoms with van der Waals surface area (Å²) in [6.45, 7) is 1.92. The summed E-state index contributed by atoms with van der Waals surface area (Å²) in [6.07, 6.45) is 1.64. The Labute approximate surface area is 155 Å². The molecule has 0 spiro atoms. The van der Waals surface area contributed by atoms with Crippen molar-refractivity contribution < 1.29 is 23.8 Å². The minimum absolute atomic E-state index is 0.142. The highest BCUT2D eigenvalue weighted by atomic mass is 16.5. The van der Waals surface area contributed by atoms with Gasteiger partial charge in [-0.05, 0) is 19.1 Å². The van der Waals surface area contributed by atoms with Gasteiger partial charge in [0.25, 0.3) is 5.91 Å². The Morgan fingerprint density at radius 3 is 2.41 bits per heavy atom. The quantitative estimate of drug-likeness (QED) is 0.696. The third-order valence-electron chi connectivity index (χ3n) is 4.11. The van der Waals surface area contributed by atoms with Crippen molar-refractivity contribution in [1.82, 2.24) is 9.38 Å². The van der Waals surface area contributed by atoms with Gasteiger partial charge in [0.1, 0.15) is 11.3 Å². The second-order valence-electron chi connectivity index (χ2n) is 5.72. The molecule has 0 bridgehead atoms. The van der Waals surface area contributed by atoms with E-state index in [9.17, 15) is 9.59 Å².